The van der Waals surface area contributed by atoms with Gasteiger partial charge in [0.25, 0.3) is 0 Å². The predicted molar refractivity (Wildman–Crippen MR) is 506 cm³/mol. The first-order valence-electron chi connectivity index (χ1n) is 43.5. The maximum Gasteiger partial charge on any atom is 0.102 e. The van der Waals surface area contributed by atoms with Gasteiger partial charge in [0.2, 0.25) is 0 Å². The van der Waals surface area contributed by atoms with Crippen LogP contribution in [0.1, 0.15) is 92.6 Å². The number of hydrogen-bond donors (Lipinski definition) is 0. The lowest BCUT2D eigenvalue weighted by Crippen LogP contribution is -2.46. The number of nitrogens with zero attached hydrogens (tertiary/aromatic N) is 5. The molecule has 0 spiro atoms. The molecule has 0 amide bonds. The Hall–Kier alpha value is -12.1. The Morgan fingerprint density at radius 3 is 0.597 bits per heavy atom. The van der Waals surface area contributed by atoms with E-state index in [1.165, 1.54) is 5.56 Å². The summed E-state index contributed by atoms with van der Waals surface area (Å²) in [6.45, 7) is 18.8. The van der Waals surface area contributed by atoms with E-state index >= 15 is 0 Å². The average molecular weight is 1650 g/mol. The molecule has 0 radical (unpaired) electrons. The van der Waals surface area contributed by atoms with E-state index in [0.717, 1.165) is 102 Å². The Bertz CT molecular complexity index is 4630. The molecule has 14 aromatic rings. The van der Waals surface area contributed by atoms with E-state index in [9.17, 15) is 0 Å². The van der Waals surface area contributed by atoms with Gasteiger partial charge in [0.1, 0.15) is 6.10 Å². The van der Waals surface area contributed by atoms with Crippen LogP contribution in [0.2, 0.25) is 0 Å². The fourth-order valence-corrected chi connectivity index (χ4v) is 15.5. The number of ether oxygens (including phenoxy) is 7. The van der Waals surface area contributed by atoms with Crippen LogP contribution < -0.4 is 19.6 Å². The van der Waals surface area contributed by atoms with Crippen LogP contribution >= 0.6 is 0 Å². The maximum atomic E-state index is 6.99. The Morgan fingerprint density at radius 2 is 0.395 bits per heavy atom. The molecule has 0 N–H and O–H groups in total. The van der Waals surface area contributed by atoms with Crippen molar-refractivity contribution in [3.05, 3.63) is 433 Å². The molecule has 0 bridgehead atoms. The first-order valence-corrected chi connectivity index (χ1v) is 43.5. The molecule has 0 fully saturated rings. The van der Waals surface area contributed by atoms with Crippen molar-refractivity contribution in [1.29, 1.82) is 0 Å². The molecule has 0 aliphatic heterocycles. The molecular formula is C111H117N5O8. The molecule has 2 unspecified atom stereocenters. The summed E-state index contributed by atoms with van der Waals surface area (Å²) in [5.74, 6) is -0.112. The van der Waals surface area contributed by atoms with Crippen LogP contribution in [0.5, 0.6) is 0 Å². The lowest BCUT2D eigenvalue weighted by molar-refractivity contribution is -0.272. The van der Waals surface area contributed by atoms with Crippen molar-refractivity contribution in [2.45, 2.75) is 92.3 Å². The number of anilines is 12. The number of rotatable bonds is 46. The zero-order chi connectivity index (χ0) is 85.3. The standard InChI is InChI=1S/C111H117N5O8/c1-86(2)110(97-34-16-7-17-35-97)116(111(4,5)6)124-87(3)96-62-52-88(53-63-96)72-117-81-95(84-122-82-93(77-118-73-89-54-64-106(65-55-89)112(98-36-18-8-19-37-98)99-38-20-9-21-39-99)78-119-74-90-56-66-107(67-57-90)113(100-40-22-10-23-41-100)101-42-24-11-25-43-101)85-123-83-94(79-120-75-91-58-68-108(69-59-91)114(102-44-26-12-27-45-102)103-46-28-13-29-47-103)80-121-76-92-60-70-109(71-61-92)115(104-48-30-14-31-49-104)105-50-32-15-33-51-105/h7-71,86-87,93-95,110H,72-85H2,1-6H3. The minimum Gasteiger partial charge on any atom is -0.381 e. The summed E-state index contributed by atoms with van der Waals surface area (Å²) >= 11 is 0. The third-order valence-electron chi connectivity index (χ3n) is 21.8. The fraction of sp³-hybridized carbons (Fsp3) is 0.243. The van der Waals surface area contributed by atoms with Gasteiger partial charge in [0, 0.05) is 91.5 Å². The van der Waals surface area contributed by atoms with Gasteiger partial charge in [-0.2, -0.15) is 5.06 Å². The van der Waals surface area contributed by atoms with Crippen LogP contribution in [0.15, 0.2) is 394 Å². The highest BCUT2D eigenvalue weighted by Crippen LogP contribution is 2.41. The quantitative estimate of drug-likeness (QED) is 0.0340. The first-order chi connectivity index (χ1) is 60.9. The molecule has 0 aromatic heterocycles. The lowest BCUT2D eigenvalue weighted by Gasteiger charge is -2.44. The molecule has 14 aromatic carbocycles. The molecule has 0 aliphatic carbocycles. The smallest absolute Gasteiger partial charge is 0.102 e. The zero-order valence-corrected chi connectivity index (χ0v) is 72.4. The largest absolute Gasteiger partial charge is 0.381 e. The van der Waals surface area contributed by atoms with Gasteiger partial charge in [0.05, 0.1) is 98.5 Å². The average Bonchev–Trinajstić information content (AvgIpc) is 0.817. The van der Waals surface area contributed by atoms with Crippen LogP contribution in [0.25, 0.3) is 0 Å². The van der Waals surface area contributed by atoms with Gasteiger partial charge < -0.3 is 52.8 Å². The summed E-state index contributed by atoms with van der Waals surface area (Å²) in [6, 6.07) is 138. The summed E-state index contributed by atoms with van der Waals surface area (Å²) in [7, 11) is 0. The van der Waals surface area contributed by atoms with Crippen LogP contribution in [-0.4, -0.2) is 70.1 Å². The third-order valence-corrected chi connectivity index (χ3v) is 21.8. The van der Waals surface area contributed by atoms with Crippen LogP contribution in [0.3, 0.4) is 0 Å². The molecular weight excluding hydrogens is 1530 g/mol. The Balaban J connectivity index is 0.685. The summed E-state index contributed by atoms with van der Waals surface area (Å²) in [6.07, 6.45) is -0.212. The number of hydroxylamine groups is 2. The molecule has 13 nitrogen and oxygen atoms in total. The van der Waals surface area contributed by atoms with E-state index < -0.39 is 0 Å². The zero-order valence-electron chi connectivity index (χ0n) is 72.4. The molecule has 0 saturated heterocycles. The van der Waals surface area contributed by atoms with Crippen molar-refractivity contribution in [3.8, 4) is 0 Å². The van der Waals surface area contributed by atoms with E-state index in [0.29, 0.717) is 98.4 Å². The van der Waals surface area contributed by atoms with Crippen LogP contribution in [-0.2, 0) is 71.0 Å². The molecule has 634 valence electrons. The van der Waals surface area contributed by atoms with Gasteiger partial charge in [-0.25, -0.2) is 0 Å². The van der Waals surface area contributed by atoms with Gasteiger partial charge in [-0.05, 0) is 218 Å². The van der Waals surface area contributed by atoms with Gasteiger partial charge in [-0.3, -0.25) is 4.84 Å². The molecule has 14 rings (SSSR count). The fourth-order valence-electron chi connectivity index (χ4n) is 15.5. The van der Waals surface area contributed by atoms with E-state index in [1.54, 1.807) is 0 Å². The van der Waals surface area contributed by atoms with E-state index in [1.807, 2.05) is 48.5 Å². The van der Waals surface area contributed by atoms with Gasteiger partial charge in [-0.15, -0.1) is 0 Å². The van der Waals surface area contributed by atoms with Gasteiger partial charge in [-0.1, -0.05) is 263 Å². The second-order valence-corrected chi connectivity index (χ2v) is 33.0. The molecule has 0 aliphatic rings. The minimum atomic E-state index is -0.275. The summed E-state index contributed by atoms with van der Waals surface area (Å²) in [5.41, 5.74) is 20.2. The maximum absolute atomic E-state index is 6.99. The summed E-state index contributed by atoms with van der Waals surface area (Å²) in [4.78, 5) is 16.1. The highest BCUT2D eigenvalue weighted by molar-refractivity contribution is 5.80. The SMILES string of the molecule is CC(ON(C(c1ccccc1)C(C)C)C(C)(C)C)c1ccc(COCC(COCC(COCc2ccc(N(c3ccccc3)c3ccccc3)cc2)COCc2ccc(N(c3ccccc3)c3ccccc3)cc2)COCC(COCc2ccc(N(c3ccccc3)c3ccccc3)cc2)COCc2ccc(N(c3ccccc3)c3ccccc3)cc2)cc1. The van der Waals surface area contributed by atoms with Crippen molar-refractivity contribution in [1.82, 2.24) is 5.06 Å². The third kappa shape index (κ3) is 25.5. The summed E-state index contributed by atoms with van der Waals surface area (Å²) < 4.78 is 47.3. The van der Waals surface area contributed by atoms with Crippen molar-refractivity contribution < 1.29 is 38.0 Å². The van der Waals surface area contributed by atoms with E-state index in [2.05, 4.69) is 412 Å². The van der Waals surface area contributed by atoms with Crippen molar-refractivity contribution in [3.63, 3.8) is 0 Å². The van der Waals surface area contributed by atoms with Crippen LogP contribution in [0.4, 0.5) is 68.2 Å². The minimum absolute atomic E-state index is 0.0545. The number of benzene rings is 14. The summed E-state index contributed by atoms with van der Waals surface area (Å²) in [5, 5.41) is 2.20. The topological polar surface area (TPSA) is 90.0 Å². The molecule has 124 heavy (non-hydrogen) atoms. The number of para-hydroxylation sites is 8. The lowest BCUT2D eigenvalue weighted by atomic mass is 9.92. The monoisotopic (exact) mass is 1650 g/mol. The highest BCUT2D eigenvalue weighted by atomic mass is 16.7. The van der Waals surface area contributed by atoms with E-state index in [-0.39, 0.29) is 35.4 Å². The highest BCUT2D eigenvalue weighted by Gasteiger charge is 2.35. The molecule has 13 heteroatoms. The van der Waals surface area contributed by atoms with Gasteiger partial charge in [0.15, 0.2) is 0 Å². The van der Waals surface area contributed by atoms with Crippen molar-refractivity contribution >= 4 is 68.2 Å². The second kappa shape index (κ2) is 45.9. The van der Waals surface area contributed by atoms with Crippen molar-refractivity contribution in [2.75, 3.05) is 79.1 Å². The van der Waals surface area contributed by atoms with E-state index in [4.69, 9.17) is 38.0 Å². The van der Waals surface area contributed by atoms with Crippen LogP contribution in [0, 0.1) is 23.7 Å². The molecule has 0 saturated carbocycles. The molecule has 0 heterocycles. The Labute approximate surface area is 735 Å². The first kappa shape index (κ1) is 88.2. The molecule has 2 atom stereocenters. The number of hydrogen-bond acceptors (Lipinski definition) is 13. The normalized spacial score (nSPS) is 12.2. The predicted octanol–water partition coefficient (Wildman–Crippen LogP) is 27.3. The Morgan fingerprint density at radius 1 is 0.210 bits per heavy atom. The second-order valence-electron chi connectivity index (χ2n) is 33.0. The van der Waals surface area contributed by atoms with Crippen molar-refractivity contribution in [2.24, 2.45) is 23.7 Å². The van der Waals surface area contributed by atoms with Gasteiger partial charge >= 0.3 is 0 Å². The Kier molecular flexibility index (Phi) is 32.6.